The summed E-state index contributed by atoms with van der Waals surface area (Å²) in [5, 5.41) is 8.71. The molecule has 0 aliphatic heterocycles. The number of rotatable bonds is 3. The minimum Gasteiger partial charge on any atom is -0.308 e. The zero-order chi connectivity index (χ0) is 28.3. The van der Waals surface area contributed by atoms with Gasteiger partial charge in [-0.05, 0) is 91.0 Å². The molecule has 0 saturated carbocycles. The third-order valence-electron chi connectivity index (χ3n) is 8.79. The third kappa shape index (κ3) is 3.63. The van der Waals surface area contributed by atoms with Gasteiger partial charge < -0.3 is 4.57 Å². The van der Waals surface area contributed by atoms with Crippen LogP contribution in [0.25, 0.3) is 82.2 Å². The van der Waals surface area contributed by atoms with Crippen LogP contribution in [0.4, 0.5) is 0 Å². The molecular weight excluding hydrogens is 520 g/mol. The molecule has 0 aliphatic rings. The molecule has 0 aliphatic carbocycles. The molecule has 2 nitrogen and oxygen atoms in total. The zero-order valence-corrected chi connectivity index (χ0v) is 23.4. The van der Waals surface area contributed by atoms with Crippen molar-refractivity contribution in [1.29, 1.82) is 0 Å². The highest BCUT2D eigenvalue weighted by Crippen LogP contribution is 2.44. The number of benzene rings is 7. The molecule has 0 saturated heterocycles. The van der Waals surface area contributed by atoms with Crippen molar-refractivity contribution in [3.05, 3.63) is 158 Å². The molecule has 0 amide bonds. The van der Waals surface area contributed by atoms with Crippen molar-refractivity contribution >= 4 is 54.3 Å². The number of pyridine rings is 1. The predicted molar refractivity (Wildman–Crippen MR) is 182 cm³/mol. The van der Waals surface area contributed by atoms with E-state index < -0.39 is 0 Å². The van der Waals surface area contributed by atoms with Gasteiger partial charge in [-0.1, -0.05) is 115 Å². The SMILES string of the molecule is c1cc(-c2c3ccccc3c(-c3ccc4ccccc4c3)c3ccccc23)cc(-n2c3ccccc3c3ncccc32)c1. The second-order valence-corrected chi connectivity index (χ2v) is 11.2. The van der Waals surface area contributed by atoms with Gasteiger partial charge in [0.1, 0.15) is 0 Å². The van der Waals surface area contributed by atoms with Gasteiger partial charge in [-0.15, -0.1) is 0 Å². The van der Waals surface area contributed by atoms with Crippen molar-refractivity contribution < 1.29 is 0 Å². The molecule has 2 heteroatoms. The van der Waals surface area contributed by atoms with Crippen LogP contribution < -0.4 is 0 Å². The van der Waals surface area contributed by atoms with E-state index in [0.717, 1.165) is 22.2 Å². The summed E-state index contributed by atoms with van der Waals surface area (Å²) in [6, 6.07) is 54.9. The first-order chi connectivity index (χ1) is 21.3. The average Bonchev–Trinajstić information content (AvgIpc) is 3.41. The lowest BCUT2D eigenvalue weighted by molar-refractivity contribution is 1.18. The van der Waals surface area contributed by atoms with Gasteiger partial charge in [0.25, 0.3) is 0 Å². The van der Waals surface area contributed by atoms with Crippen LogP contribution in [0.5, 0.6) is 0 Å². The molecule has 0 radical (unpaired) electrons. The van der Waals surface area contributed by atoms with E-state index in [0.29, 0.717) is 0 Å². The Kier molecular flexibility index (Phi) is 5.23. The molecule has 43 heavy (non-hydrogen) atoms. The summed E-state index contributed by atoms with van der Waals surface area (Å²) in [5.74, 6) is 0. The standard InChI is InChI=1S/C41H26N2/c1-2-12-28-25-30(23-22-27(28)11-1)40-34-17-5-3-15-32(34)39(33-16-4-6-18-35(33)40)29-13-9-14-31(26-29)43-37-20-8-7-19-36(37)41-38(43)21-10-24-42-41/h1-26H. The Hall–Kier alpha value is -5.73. The minimum atomic E-state index is 1.03. The summed E-state index contributed by atoms with van der Waals surface area (Å²) in [6.07, 6.45) is 1.88. The van der Waals surface area contributed by atoms with Crippen molar-refractivity contribution in [3.63, 3.8) is 0 Å². The fraction of sp³-hybridized carbons (Fsp3) is 0. The normalized spacial score (nSPS) is 11.7. The Morgan fingerprint density at radius 3 is 1.70 bits per heavy atom. The van der Waals surface area contributed by atoms with Crippen LogP contribution in [0.15, 0.2) is 158 Å². The number of para-hydroxylation sites is 1. The van der Waals surface area contributed by atoms with Crippen LogP contribution in [-0.4, -0.2) is 9.55 Å². The summed E-state index contributed by atoms with van der Waals surface area (Å²) in [4.78, 5) is 4.75. The fourth-order valence-electron chi connectivity index (χ4n) is 6.96. The maximum Gasteiger partial charge on any atom is 0.0963 e. The molecule has 9 aromatic rings. The second kappa shape index (κ2) is 9.40. The maximum absolute atomic E-state index is 4.75. The average molecular weight is 547 g/mol. The van der Waals surface area contributed by atoms with Gasteiger partial charge in [-0.25, -0.2) is 0 Å². The van der Waals surface area contributed by atoms with E-state index in [1.807, 2.05) is 12.3 Å². The number of fused-ring (bicyclic) bond motifs is 6. The van der Waals surface area contributed by atoms with Crippen molar-refractivity contribution in [1.82, 2.24) is 9.55 Å². The first-order valence-corrected chi connectivity index (χ1v) is 14.7. The Morgan fingerprint density at radius 2 is 0.977 bits per heavy atom. The summed E-state index contributed by atoms with van der Waals surface area (Å²) in [5.41, 5.74) is 9.41. The number of hydrogen-bond donors (Lipinski definition) is 0. The van der Waals surface area contributed by atoms with Crippen molar-refractivity contribution in [2.45, 2.75) is 0 Å². The lowest BCUT2D eigenvalue weighted by atomic mass is 9.85. The van der Waals surface area contributed by atoms with Crippen LogP contribution in [0.2, 0.25) is 0 Å². The molecule has 2 heterocycles. The van der Waals surface area contributed by atoms with Crippen molar-refractivity contribution in [2.75, 3.05) is 0 Å². The van der Waals surface area contributed by atoms with E-state index in [4.69, 9.17) is 4.98 Å². The number of hydrogen-bond acceptors (Lipinski definition) is 1. The molecule has 200 valence electrons. The minimum absolute atomic E-state index is 1.03. The van der Waals surface area contributed by atoms with E-state index in [2.05, 4.69) is 150 Å². The summed E-state index contributed by atoms with van der Waals surface area (Å²) >= 11 is 0. The first-order valence-electron chi connectivity index (χ1n) is 14.7. The Balaban J connectivity index is 1.34. The van der Waals surface area contributed by atoms with Crippen LogP contribution in [0.1, 0.15) is 0 Å². The molecule has 0 atom stereocenters. The van der Waals surface area contributed by atoms with Gasteiger partial charge in [0.15, 0.2) is 0 Å². The van der Waals surface area contributed by atoms with Gasteiger partial charge in [-0.3, -0.25) is 4.98 Å². The lowest BCUT2D eigenvalue weighted by Crippen LogP contribution is -1.95. The maximum atomic E-state index is 4.75. The van der Waals surface area contributed by atoms with E-state index in [1.54, 1.807) is 0 Å². The smallest absolute Gasteiger partial charge is 0.0963 e. The largest absolute Gasteiger partial charge is 0.308 e. The van der Waals surface area contributed by atoms with Gasteiger partial charge in [0, 0.05) is 17.3 Å². The molecule has 7 aromatic carbocycles. The highest BCUT2D eigenvalue weighted by molar-refractivity contribution is 6.21. The van der Waals surface area contributed by atoms with Gasteiger partial charge in [-0.2, -0.15) is 0 Å². The van der Waals surface area contributed by atoms with Gasteiger partial charge >= 0.3 is 0 Å². The lowest BCUT2D eigenvalue weighted by Gasteiger charge is -2.18. The summed E-state index contributed by atoms with van der Waals surface area (Å²) < 4.78 is 2.34. The molecular formula is C41H26N2. The number of nitrogens with zero attached hydrogens (tertiary/aromatic N) is 2. The summed E-state index contributed by atoms with van der Waals surface area (Å²) in [6.45, 7) is 0. The van der Waals surface area contributed by atoms with Gasteiger partial charge in [0.05, 0.1) is 16.6 Å². The van der Waals surface area contributed by atoms with E-state index in [9.17, 15) is 0 Å². The quantitative estimate of drug-likeness (QED) is 0.202. The molecule has 0 bridgehead atoms. The van der Waals surface area contributed by atoms with Crippen LogP contribution in [0, 0.1) is 0 Å². The molecule has 0 N–H and O–H groups in total. The predicted octanol–water partition coefficient (Wildman–Crippen LogP) is 11.0. The van der Waals surface area contributed by atoms with E-state index >= 15 is 0 Å². The Morgan fingerprint density at radius 1 is 0.395 bits per heavy atom. The molecule has 0 spiro atoms. The fourth-order valence-corrected chi connectivity index (χ4v) is 6.96. The van der Waals surface area contributed by atoms with Crippen LogP contribution in [-0.2, 0) is 0 Å². The van der Waals surface area contributed by atoms with Crippen molar-refractivity contribution in [3.8, 4) is 27.9 Å². The van der Waals surface area contributed by atoms with Gasteiger partial charge in [0.2, 0.25) is 0 Å². The van der Waals surface area contributed by atoms with Crippen LogP contribution >= 0.6 is 0 Å². The molecule has 0 fully saturated rings. The van der Waals surface area contributed by atoms with E-state index in [-0.39, 0.29) is 0 Å². The molecule has 2 aromatic heterocycles. The zero-order valence-electron chi connectivity index (χ0n) is 23.4. The third-order valence-corrected chi connectivity index (χ3v) is 8.79. The second-order valence-electron chi connectivity index (χ2n) is 11.2. The highest BCUT2D eigenvalue weighted by atomic mass is 15.0. The first kappa shape index (κ1) is 23.9. The van der Waals surface area contributed by atoms with Crippen LogP contribution in [0.3, 0.4) is 0 Å². The highest BCUT2D eigenvalue weighted by Gasteiger charge is 2.18. The Bertz CT molecular complexity index is 2410. The Labute approximate surface area is 249 Å². The number of aromatic nitrogens is 2. The topological polar surface area (TPSA) is 17.8 Å². The van der Waals surface area contributed by atoms with E-state index in [1.165, 1.54) is 60.0 Å². The molecule has 0 unspecified atom stereocenters. The molecule has 9 rings (SSSR count). The summed E-state index contributed by atoms with van der Waals surface area (Å²) in [7, 11) is 0. The monoisotopic (exact) mass is 546 g/mol. The van der Waals surface area contributed by atoms with Crippen molar-refractivity contribution in [2.24, 2.45) is 0 Å².